The third-order valence-corrected chi connectivity index (χ3v) is 4.00. The van der Waals surface area contributed by atoms with E-state index >= 15 is 0 Å². The lowest BCUT2D eigenvalue weighted by molar-refractivity contribution is 0.0421. The van der Waals surface area contributed by atoms with E-state index in [9.17, 15) is 4.79 Å². The Balaban J connectivity index is 1.95. The van der Waals surface area contributed by atoms with E-state index in [4.69, 9.17) is 27.9 Å². The summed E-state index contributed by atoms with van der Waals surface area (Å²) in [6, 6.07) is 1.53. The molecule has 0 aliphatic heterocycles. The Bertz CT molecular complexity index is 480. The van der Waals surface area contributed by atoms with Crippen LogP contribution in [-0.4, -0.2) is 17.1 Å². The van der Waals surface area contributed by atoms with Crippen LogP contribution < -0.4 is 0 Å². The number of halogens is 2. The van der Waals surface area contributed by atoms with Crippen molar-refractivity contribution in [3.63, 3.8) is 0 Å². The summed E-state index contributed by atoms with van der Waals surface area (Å²) < 4.78 is 6.84. The van der Waals surface area contributed by atoms with Gasteiger partial charge in [-0.1, -0.05) is 35.4 Å². The van der Waals surface area contributed by atoms with E-state index in [-0.39, 0.29) is 5.97 Å². The third-order valence-electron chi connectivity index (χ3n) is 3.15. The van der Waals surface area contributed by atoms with Crippen LogP contribution in [0.5, 0.6) is 0 Å². The predicted octanol–water partition coefficient (Wildman–Crippen LogP) is 3.85. The Morgan fingerprint density at radius 2 is 2.28 bits per heavy atom. The van der Waals surface area contributed by atoms with E-state index < -0.39 is 0 Å². The van der Waals surface area contributed by atoms with Gasteiger partial charge in [-0.15, -0.1) is 0 Å². The molecule has 0 radical (unpaired) electrons. The molecule has 0 N–H and O–H groups in total. The lowest BCUT2D eigenvalue weighted by Gasteiger charge is -2.17. The van der Waals surface area contributed by atoms with Crippen molar-refractivity contribution < 1.29 is 9.53 Å². The van der Waals surface area contributed by atoms with Crippen LogP contribution in [0.15, 0.2) is 18.2 Å². The SMILES string of the molecule is Cn1c(C(=O)OCC2CC=CCC2)cc(Cl)c1Cl. The normalized spacial score (nSPS) is 18.9. The van der Waals surface area contributed by atoms with E-state index in [1.165, 1.54) is 10.6 Å². The molecule has 0 fully saturated rings. The maximum absolute atomic E-state index is 11.9. The van der Waals surface area contributed by atoms with Crippen LogP contribution in [0.2, 0.25) is 10.2 Å². The number of allylic oxidation sites excluding steroid dienone is 2. The molecule has 18 heavy (non-hydrogen) atoms. The third kappa shape index (κ3) is 2.90. The topological polar surface area (TPSA) is 31.2 Å². The molecule has 0 saturated carbocycles. The van der Waals surface area contributed by atoms with Gasteiger partial charge in [-0.2, -0.15) is 0 Å². The summed E-state index contributed by atoms with van der Waals surface area (Å²) >= 11 is 11.8. The van der Waals surface area contributed by atoms with Crippen molar-refractivity contribution in [3.8, 4) is 0 Å². The van der Waals surface area contributed by atoms with Crippen molar-refractivity contribution in [1.82, 2.24) is 4.57 Å². The smallest absolute Gasteiger partial charge is 0.355 e. The zero-order valence-corrected chi connectivity index (χ0v) is 11.7. The zero-order valence-electron chi connectivity index (χ0n) is 10.2. The van der Waals surface area contributed by atoms with Crippen LogP contribution in [0, 0.1) is 5.92 Å². The standard InChI is InChI=1S/C13H15Cl2NO2/c1-16-11(7-10(14)12(16)15)13(17)18-8-9-5-3-2-4-6-9/h2-3,7,9H,4-6,8H2,1H3. The van der Waals surface area contributed by atoms with Crippen LogP contribution in [0.25, 0.3) is 0 Å². The molecule has 0 saturated heterocycles. The summed E-state index contributed by atoms with van der Waals surface area (Å²) in [4.78, 5) is 11.9. The van der Waals surface area contributed by atoms with Crippen molar-refractivity contribution in [2.75, 3.05) is 6.61 Å². The van der Waals surface area contributed by atoms with Crippen LogP contribution in [0.1, 0.15) is 29.8 Å². The molecule has 1 aromatic heterocycles. The first kappa shape index (κ1) is 13.5. The second-order valence-corrected chi connectivity index (χ2v) is 5.24. The van der Waals surface area contributed by atoms with Gasteiger partial charge in [0.2, 0.25) is 0 Å². The summed E-state index contributed by atoms with van der Waals surface area (Å²) in [6.07, 6.45) is 7.40. The summed E-state index contributed by atoms with van der Waals surface area (Å²) in [5.74, 6) is 0.0472. The number of rotatable bonds is 3. The predicted molar refractivity (Wildman–Crippen MR) is 72.2 cm³/mol. The fraction of sp³-hybridized carbons (Fsp3) is 0.462. The van der Waals surface area contributed by atoms with Gasteiger partial charge in [0.15, 0.2) is 0 Å². The molecule has 0 bridgehead atoms. The molecule has 0 spiro atoms. The minimum absolute atomic E-state index is 0.351. The van der Waals surface area contributed by atoms with Gasteiger partial charge in [-0.05, 0) is 31.2 Å². The molecule has 0 aromatic carbocycles. The largest absolute Gasteiger partial charge is 0.461 e. The summed E-state index contributed by atoms with van der Waals surface area (Å²) in [5.41, 5.74) is 0.386. The number of ether oxygens (including phenoxy) is 1. The highest BCUT2D eigenvalue weighted by Crippen LogP contribution is 2.26. The minimum atomic E-state index is -0.374. The first-order valence-electron chi connectivity index (χ1n) is 5.92. The van der Waals surface area contributed by atoms with E-state index in [0.717, 1.165) is 19.3 Å². The Morgan fingerprint density at radius 3 is 2.83 bits per heavy atom. The summed E-state index contributed by atoms with van der Waals surface area (Å²) in [6.45, 7) is 0.448. The highest BCUT2D eigenvalue weighted by molar-refractivity contribution is 6.41. The average molecular weight is 288 g/mol. The van der Waals surface area contributed by atoms with Gasteiger partial charge < -0.3 is 9.30 Å². The molecular weight excluding hydrogens is 273 g/mol. The first-order valence-corrected chi connectivity index (χ1v) is 6.68. The van der Waals surface area contributed by atoms with Crippen LogP contribution >= 0.6 is 23.2 Å². The average Bonchev–Trinajstić information content (AvgIpc) is 2.65. The fourth-order valence-electron chi connectivity index (χ4n) is 2.01. The Labute approximate surface area is 116 Å². The number of hydrogen-bond donors (Lipinski definition) is 0. The van der Waals surface area contributed by atoms with Crippen molar-refractivity contribution in [1.29, 1.82) is 0 Å². The van der Waals surface area contributed by atoms with Crippen molar-refractivity contribution >= 4 is 29.2 Å². The molecule has 98 valence electrons. The number of carbonyl (C=O) groups is 1. The van der Waals surface area contributed by atoms with E-state index in [0.29, 0.717) is 28.4 Å². The second-order valence-electron chi connectivity index (χ2n) is 4.48. The van der Waals surface area contributed by atoms with Crippen molar-refractivity contribution in [3.05, 3.63) is 34.1 Å². The quantitative estimate of drug-likeness (QED) is 0.625. The zero-order chi connectivity index (χ0) is 13.1. The van der Waals surface area contributed by atoms with Crippen LogP contribution in [0.3, 0.4) is 0 Å². The van der Waals surface area contributed by atoms with Gasteiger partial charge in [0.1, 0.15) is 10.8 Å². The summed E-state index contributed by atoms with van der Waals surface area (Å²) in [7, 11) is 1.69. The van der Waals surface area contributed by atoms with Gasteiger partial charge >= 0.3 is 5.97 Å². The summed E-state index contributed by atoms with van der Waals surface area (Å²) in [5, 5.41) is 0.718. The van der Waals surface area contributed by atoms with Gasteiger partial charge in [0.25, 0.3) is 0 Å². The molecule has 3 nitrogen and oxygen atoms in total. The number of aromatic nitrogens is 1. The van der Waals surface area contributed by atoms with Crippen molar-refractivity contribution in [2.24, 2.45) is 13.0 Å². The lowest BCUT2D eigenvalue weighted by atomic mass is 9.95. The Morgan fingerprint density at radius 1 is 1.50 bits per heavy atom. The van der Waals surface area contributed by atoms with E-state index in [1.807, 2.05) is 0 Å². The lowest BCUT2D eigenvalue weighted by Crippen LogP contribution is -2.17. The molecule has 1 heterocycles. The van der Waals surface area contributed by atoms with E-state index in [2.05, 4.69) is 12.2 Å². The van der Waals surface area contributed by atoms with Gasteiger partial charge in [-0.3, -0.25) is 0 Å². The number of hydrogen-bond acceptors (Lipinski definition) is 2. The monoisotopic (exact) mass is 287 g/mol. The molecule has 1 aliphatic carbocycles. The fourth-order valence-corrected chi connectivity index (χ4v) is 2.39. The number of esters is 1. The first-order chi connectivity index (χ1) is 8.59. The van der Waals surface area contributed by atoms with Crippen molar-refractivity contribution in [2.45, 2.75) is 19.3 Å². The Kier molecular flexibility index (Phi) is 4.36. The molecule has 5 heteroatoms. The second kappa shape index (κ2) is 5.81. The number of carbonyl (C=O) groups excluding carboxylic acids is 1. The number of nitrogens with zero attached hydrogens (tertiary/aromatic N) is 1. The molecule has 0 amide bonds. The molecular formula is C13H15Cl2NO2. The van der Waals surface area contributed by atoms with Gasteiger partial charge in [0.05, 0.1) is 11.6 Å². The molecule has 1 unspecified atom stereocenters. The maximum atomic E-state index is 11.9. The maximum Gasteiger partial charge on any atom is 0.355 e. The molecule has 1 aromatic rings. The van der Waals surface area contributed by atoms with Crippen LogP contribution in [0.4, 0.5) is 0 Å². The molecule has 1 atom stereocenters. The Hall–Kier alpha value is -0.930. The van der Waals surface area contributed by atoms with Crippen LogP contribution in [-0.2, 0) is 11.8 Å². The highest BCUT2D eigenvalue weighted by Gasteiger charge is 2.19. The highest BCUT2D eigenvalue weighted by atomic mass is 35.5. The van der Waals surface area contributed by atoms with Gasteiger partial charge in [-0.25, -0.2) is 4.79 Å². The minimum Gasteiger partial charge on any atom is -0.461 e. The molecule has 1 aliphatic rings. The molecule has 2 rings (SSSR count). The van der Waals surface area contributed by atoms with E-state index in [1.54, 1.807) is 7.05 Å². The van der Waals surface area contributed by atoms with Gasteiger partial charge in [0, 0.05) is 7.05 Å².